The van der Waals surface area contributed by atoms with E-state index >= 15 is 0 Å². The number of nitrogens with zero attached hydrogens (tertiary/aromatic N) is 1. The van der Waals surface area contributed by atoms with Crippen LogP contribution in [0.4, 0.5) is 10.1 Å². The number of aromatic nitrogens is 1. The van der Waals surface area contributed by atoms with Crippen molar-refractivity contribution >= 4 is 21.5 Å². The van der Waals surface area contributed by atoms with Crippen molar-refractivity contribution in [3.63, 3.8) is 0 Å². The average molecular weight is 219 g/mol. The van der Waals surface area contributed by atoms with E-state index in [1.807, 2.05) is 12.1 Å². The summed E-state index contributed by atoms with van der Waals surface area (Å²) in [7, 11) is 0. The predicted octanol–water partition coefficient (Wildman–Crippen LogP) is 2.65. The number of thiazole rings is 1. The number of nitrogen functional groups attached to an aromatic ring is 1. The Labute approximate surface area is 93.0 Å². The zero-order chi connectivity index (χ0) is 10.7. The highest BCUT2D eigenvalue weighted by molar-refractivity contribution is 7.19. The molecular weight excluding hydrogens is 206 g/mol. The van der Waals surface area contributed by atoms with Crippen molar-refractivity contribution in [2.45, 2.75) is 13.5 Å². The van der Waals surface area contributed by atoms with E-state index in [4.69, 9.17) is 5.73 Å². The van der Waals surface area contributed by atoms with Crippen molar-refractivity contribution in [3.05, 3.63) is 41.6 Å². The lowest BCUT2D eigenvalue weighted by atomic mass is 10.1. The van der Waals surface area contributed by atoms with E-state index < -0.39 is 0 Å². The van der Waals surface area contributed by atoms with Gasteiger partial charge in [0.15, 0.2) is 5.13 Å². The van der Waals surface area contributed by atoms with Crippen LogP contribution < -0.4 is 11.1 Å². The van der Waals surface area contributed by atoms with Gasteiger partial charge in [0.05, 0.1) is 6.20 Å². The maximum absolute atomic E-state index is 5.59. The van der Waals surface area contributed by atoms with Gasteiger partial charge in [0.2, 0.25) is 0 Å². The van der Waals surface area contributed by atoms with E-state index in [2.05, 4.69) is 29.4 Å². The van der Waals surface area contributed by atoms with Gasteiger partial charge in [0.25, 0.3) is 0 Å². The molecule has 0 aliphatic carbocycles. The second-order valence-corrected chi connectivity index (χ2v) is 4.41. The molecule has 1 heterocycles. The van der Waals surface area contributed by atoms with E-state index in [-0.39, 0.29) is 0 Å². The number of hydrogen-bond acceptors (Lipinski definition) is 4. The molecule has 0 amide bonds. The lowest BCUT2D eigenvalue weighted by Crippen LogP contribution is -2.00. The molecule has 0 aliphatic heterocycles. The largest absolute Gasteiger partial charge is 0.389 e. The molecule has 0 saturated carbocycles. The second-order valence-electron chi connectivity index (χ2n) is 3.35. The molecule has 0 aliphatic rings. The van der Waals surface area contributed by atoms with Gasteiger partial charge in [0, 0.05) is 6.54 Å². The van der Waals surface area contributed by atoms with Crippen LogP contribution in [0.3, 0.4) is 0 Å². The van der Waals surface area contributed by atoms with Crippen molar-refractivity contribution in [1.82, 2.24) is 4.98 Å². The molecule has 1 aromatic carbocycles. The Morgan fingerprint density at radius 1 is 1.40 bits per heavy atom. The molecule has 0 bridgehead atoms. The van der Waals surface area contributed by atoms with Crippen molar-refractivity contribution in [3.8, 4) is 0 Å². The van der Waals surface area contributed by atoms with E-state index in [0.717, 1.165) is 16.7 Å². The minimum absolute atomic E-state index is 0.738. The fourth-order valence-corrected chi connectivity index (χ4v) is 1.93. The Hall–Kier alpha value is -1.55. The van der Waals surface area contributed by atoms with E-state index in [1.54, 1.807) is 6.20 Å². The quantitative estimate of drug-likeness (QED) is 0.834. The van der Waals surface area contributed by atoms with Crippen LogP contribution in [-0.2, 0) is 6.54 Å². The number of nitrogens with two attached hydrogens (primary N) is 1. The van der Waals surface area contributed by atoms with Crippen molar-refractivity contribution in [2.75, 3.05) is 11.1 Å². The lowest BCUT2D eigenvalue weighted by molar-refractivity contribution is 1.11. The van der Waals surface area contributed by atoms with E-state index in [0.29, 0.717) is 0 Å². The normalized spacial score (nSPS) is 10.2. The molecule has 4 heteroatoms. The topological polar surface area (TPSA) is 50.9 Å². The highest BCUT2D eigenvalue weighted by Crippen LogP contribution is 2.20. The molecule has 3 nitrogen and oxygen atoms in total. The van der Waals surface area contributed by atoms with Crippen molar-refractivity contribution < 1.29 is 0 Å². The first kappa shape index (κ1) is 9.98. The fraction of sp³-hybridized carbons (Fsp3) is 0.182. The third kappa shape index (κ3) is 2.47. The van der Waals surface area contributed by atoms with Crippen LogP contribution in [0.5, 0.6) is 0 Å². The monoisotopic (exact) mass is 219 g/mol. The Balaban J connectivity index is 2.02. The molecular formula is C11H13N3S. The smallest absolute Gasteiger partial charge is 0.184 e. The molecule has 78 valence electrons. The third-order valence-corrected chi connectivity index (χ3v) is 3.00. The van der Waals surface area contributed by atoms with Crippen LogP contribution in [0.2, 0.25) is 0 Å². The van der Waals surface area contributed by atoms with E-state index in [9.17, 15) is 0 Å². The molecule has 2 aromatic rings. The minimum atomic E-state index is 0.738. The van der Waals surface area contributed by atoms with Gasteiger partial charge in [-0.2, -0.15) is 0 Å². The Bertz CT molecular complexity index is 451. The first-order valence-corrected chi connectivity index (χ1v) is 5.57. The highest BCUT2D eigenvalue weighted by atomic mass is 32.1. The van der Waals surface area contributed by atoms with Gasteiger partial charge in [0.1, 0.15) is 5.00 Å². The maximum Gasteiger partial charge on any atom is 0.184 e. The van der Waals surface area contributed by atoms with Crippen molar-refractivity contribution in [1.29, 1.82) is 0 Å². The summed E-state index contributed by atoms with van der Waals surface area (Å²) >= 11 is 1.47. The van der Waals surface area contributed by atoms with Crippen LogP contribution in [0, 0.1) is 6.92 Å². The van der Waals surface area contributed by atoms with E-state index in [1.165, 1.54) is 22.5 Å². The summed E-state index contributed by atoms with van der Waals surface area (Å²) in [6, 6.07) is 8.30. The average Bonchev–Trinajstić information content (AvgIpc) is 2.63. The summed E-state index contributed by atoms with van der Waals surface area (Å²) in [5.41, 5.74) is 8.16. The molecule has 0 atom stereocenters. The van der Waals surface area contributed by atoms with Crippen LogP contribution in [0.15, 0.2) is 30.5 Å². The van der Waals surface area contributed by atoms with Gasteiger partial charge in [-0.1, -0.05) is 35.6 Å². The molecule has 1 aromatic heterocycles. The molecule has 2 rings (SSSR count). The Kier molecular flexibility index (Phi) is 2.87. The number of rotatable bonds is 3. The highest BCUT2D eigenvalue weighted by Gasteiger charge is 2.00. The minimum Gasteiger partial charge on any atom is -0.389 e. The van der Waals surface area contributed by atoms with Gasteiger partial charge >= 0.3 is 0 Å². The summed E-state index contributed by atoms with van der Waals surface area (Å²) < 4.78 is 0. The molecule has 3 N–H and O–H groups in total. The van der Waals surface area contributed by atoms with Gasteiger partial charge in [-0.3, -0.25) is 0 Å². The number of nitrogens with one attached hydrogen (secondary N) is 1. The van der Waals surface area contributed by atoms with Crippen LogP contribution in [-0.4, -0.2) is 4.98 Å². The summed E-state index contributed by atoms with van der Waals surface area (Å²) in [4.78, 5) is 4.14. The molecule has 0 radical (unpaired) electrons. The summed E-state index contributed by atoms with van der Waals surface area (Å²) in [5, 5.41) is 4.86. The standard InChI is InChI=1S/C11H13N3S/c1-8-4-2-3-5-9(8)6-13-11-14-7-10(12)15-11/h2-5,7H,6,12H2,1H3,(H,13,14). The Morgan fingerprint density at radius 2 is 2.20 bits per heavy atom. The maximum atomic E-state index is 5.59. The first-order chi connectivity index (χ1) is 7.25. The molecule has 0 saturated heterocycles. The zero-order valence-electron chi connectivity index (χ0n) is 8.53. The summed E-state index contributed by atoms with van der Waals surface area (Å²) in [6.07, 6.45) is 1.67. The van der Waals surface area contributed by atoms with Crippen LogP contribution in [0.1, 0.15) is 11.1 Å². The third-order valence-electron chi connectivity index (χ3n) is 2.21. The summed E-state index contributed by atoms with van der Waals surface area (Å²) in [5.74, 6) is 0. The fourth-order valence-electron chi connectivity index (χ4n) is 1.35. The van der Waals surface area contributed by atoms with Gasteiger partial charge in [-0.05, 0) is 18.1 Å². The zero-order valence-corrected chi connectivity index (χ0v) is 9.34. The van der Waals surface area contributed by atoms with Crippen LogP contribution in [0.25, 0.3) is 0 Å². The van der Waals surface area contributed by atoms with Gasteiger partial charge < -0.3 is 11.1 Å². The molecule has 0 spiro atoms. The van der Waals surface area contributed by atoms with Gasteiger partial charge in [-0.15, -0.1) is 0 Å². The lowest BCUT2D eigenvalue weighted by Gasteiger charge is -2.05. The number of benzene rings is 1. The molecule has 15 heavy (non-hydrogen) atoms. The number of hydrogen-bond donors (Lipinski definition) is 2. The summed E-state index contributed by atoms with van der Waals surface area (Å²) in [6.45, 7) is 2.90. The predicted molar refractivity (Wildman–Crippen MR) is 65.0 cm³/mol. The van der Waals surface area contributed by atoms with Gasteiger partial charge in [-0.25, -0.2) is 4.98 Å². The number of anilines is 2. The van der Waals surface area contributed by atoms with Crippen LogP contribution >= 0.6 is 11.3 Å². The number of aryl methyl sites for hydroxylation is 1. The second kappa shape index (κ2) is 4.31. The van der Waals surface area contributed by atoms with Crippen molar-refractivity contribution in [2.24, 2.45) is 0 Å². The molecule has 0 unspecified atom stereocenters. The molecule has 0 fully saturated rings. The SMILES string of the molecule is Cc1ccccc1CNc1ncc(N)s1. The Morgan fingerprint density at radius 3 is 2.87 bits per heavy atom. The first-order valence-electron chi connectivity index (χ1n) is 4.75.